The van der Waals surface area contributed by atoms with Crippen molar-refractivity contribution in [2.75, 3.05) is 0 Å². The number of hydrogen-bond acceptors (Lipinski definition) is 3. The molecule has 0 aliphatic heterocycles. The first-order chi connectivity index (χ1) is 15.1. The van der Waals surface area contributed by atoms with Gasteiger partial charge in [0, 0.05) is 25.3 Å². The summed E-state index contributed by atoms with van der Waals surface area (Å²) in [5.41, 5.74) is 6.39. The molecule has 31 heavy (non-hydrogen) atoms. The maximum Gasteiger partial charge on any atom is 0.123 e. The van der Waals surface area contributed by atoms with Crippen LogP contribution < -0.4 is 5.32 Å². The monoisotopic (exact) mass is 414 g/mol. The Morgan fingerprint density at radius 2 is 2.03 bits per heavy atom. The summed E-state index contributed by atoms with van der Waals surface area (Å²) in [5, 5.41) is 12.7. The fraction of sp³-hybridized carbons (Fsp3) is 0.308. The van der Waals surface area contributed by atoms with E-state index >= 15 is 0 Å². The van der Waals surface area contributed by atoms with Crippen LogP contribution in [0.2, 0.25) is 0 Å². The summed E-state index contributed by atoms with van der Waals surface area (Å²) in [6, 6.07) is 15.2. The van der Waals surface area contributed by atoms with Crippen LogP contribution in [0.15, 0.2) is 61.1 Å². The molecule has 1 aromatic heterocycles. The van der Waals surface area contributed by atoms with Crippen LogP contribution >= 0.6 is 0 Å². The predicted octanol–water partition coefficient (Wildman–Crippen LogP) is 5.37. The van der Waals surface area contributed by atoms with E-state index in [0.717, 1.165) is 54.7 Å². The quantitative estimate of drug-likeness (QED) is 0.590. The zero-order valence-corrected chi connectivity index (χ0v) is 17.8. The van der Waals surface area contributed by atoms with Gasteiger partial charge in [-0.3, -0.25) is 0 Å². The Bertz CT molecular complexity index is 1110. The summed E-state index contributed by atoms with van der Waals surface area (Å²) in [7, 11) is 0. The van der Waals surface area contributed by atoms with Crippen LogP contribution in [-0.2, 0) is 13.1 Å². The second-order valence-corrected chi connectivity index (χ2v) is 8.21. The number of nitriles is 1. The van der Waals surface area contributed by atoms with Crippen molar-refractivity contribution < 1.29 is 4.39 Å². The van der Waals surface area contributed by atoms with E-state index in [1.54, 1.807) is 12.1 Å². The highest BCUT2D eigenvalue weighted by molar-refractivity contribution is 5.69. The highest BCUT2D eigenvalue weighted by Crippen LogP contribution is 2.29. The molecule has 0 saturated carbocycles. The second kappa shape index (κ2) is 9.72. The van der Waals surface area contributed by atoms with Gasteiger partial charge in [-0.1, -0.05) is 30.7 Å². The Balaban J connectivity index is 1.45. The van der Waals surface area contributed by atoms with Crippen molar-refractivity contribution >= 4 is 5.57 Å². The molecule has 4 rings (SSSR count). The molecule has 5 heteroatoms. The molecule has 1 heterocycles. The minimum absolute atomic E-state index is 0.180. The first-order valence-corrected chi connectivity index (χ1v) is 10.8. The summed E-state index contributed by atoms with van der Waals surface area (Å²) in [5.74, 6) is -0.180. The van der Waals surface area contributed by atoms with E-state index in [1.165, 1.54) is 12.0 Å². The number of hydrogen-bond donors (Lipinski definition) is 1. The van der Waals surface area contributed by atoms with Crippen LogP contribution in [-0.4, -0.2) is 15.6 Å². The van der Waals surface area contributed by atoms with E-state index in [-0.39, 0.29) is 11.9 Å². The molecule has 4 nitrogen and oxygen atoms in total. The Labute approximate surface area is 183 Å². The third-order valence-electron chi connectivity index (χ3n) is 5.93. The van der Waals surface area contributed by atoms with Crippen molar-refractivity contribution in [2.24, 2.45) is 0 Å². The fourth-order valence-corrected chi connectivity index (χ4v) is 4.22. The third kappa shape index (κ3) is 5.28. The van der Waals surface area contributed by atoms with Gasteiger partial charge >= 0.3 is 0 Å². The van der Waals surface area contributed by atoms with E-state index < -0.39 is 0 Å². The number of nitrogens with one attached hydrogen (secondary N) is 1. The van der Waals surface area contributed by atoms with E-state index in [0.29, 0.717) is 5.56 Å². The molecule has 1 N–H and O–H groups in total. The lowest BCUT2D eigenvalue weighted by Gasteiger charge is -2.16. The van der Waals surface area contributed by atoms with Gasteiger partial charge in [-0.25, -0.2) is 9.37 Å². The maximum atomic E-state index is 13.5. The lowest BCUT2D eigenvalue weighted by Crippen LogP contribution is -2.27. The van der Waals surface area contributed by atoms with Gasteiger partial charge in [-0.2, -0.15) is 5.26 Å². The van der Waals surface area contributed by atoms with Gasteiger partial charge in [-0.05, 0) is 72.7 Å². The van der Waals surface area contributed by atoms with Crippen LogP contribution in [0.4, 0.5) is 4.39 Å². The number of allylic oxidation sites excluding steroid dienone is 1. The SMILES string of the molecule is Cc1cc(F)ccc1C1=CC(NCc2cncn2Cc2ccc(C#N)cc2)CCCC1. The molecule has 0 fully saturated rings. The number of aryl methyl sites for hydroxylation is 1. The van der Waals surface area contributed by atoms with Crippen molar-refractivity contribution in [3.63, 3.8) is 0 Å². The lowest BCUT2D eigenvalue weighted by atomic mass is 9.96. The van der Waals surface area contributed by atoms with E-state index in [1.807, 2.05) is 49.8 Å². The largest absolute Gasteiger partial charge is 0.329 e. The number of nitrogens with zero attached hydrogens (tertiary/aromatic N) is 3. The number of rotatable bonds is 6. The minimum Gasteiger partial charge on any atom is -0.329 e. The Morgan fingerprint density at radius 1 is 1.19 bits per heavy atom. The predicted molar refractivity (Wildman–Crippen MR) is 121 cm³/mol. The fourth-order valence-electron chi connectivity index (χ4n) is 4.22. The Hall–Kier alpha value is -3.23. The summed E-state index contributed by atoms with van der Waals surface area (Å²) in [6.45, 7) is 3.44. The van der Waals surface area contributed by atoms with Crippen LogP contribution in [0.5, 0.6) is 0 Å². The Morgan fingerprint density at radius 3 is 2.81 bits per heavy atom. The number of halogens is 1. The highest BCUT2D eigenvalue weighted by Gasteiger charge is 2.15. The summed E-state index contributed by atoms with van der Waals surface area (Å²) < 4.78 is 15.7. The van der Waals surface area contributed by atoms with E-state index in [4.69, 9.17) is 5.26 Å². The number of benzene rings is 2. The standard InChI is InChI=1S/C26H27FN4/c1-19-12-23(27)10-11-26(19)22-4-2-3-5-24(13-22)30-16-25-15-29-18-31(25)17-21-8-6-20(14-28)7-9-21/h6-13,15,18,24,30H,2-5,16-17H2,1H3. The zero-order valence-electron chi connectivity index (χ0n) is 17.8. The molecule has 2 aromatic carbocycles. The maximum absolute atomic E-state index is 13.5. The molecule has 0 bridgehead atoms. The van der Waals surface area contributed by atoms with Crippen molar-refractivity contribution in [1.29, 1.82) is 5.26 Å². The first kappa shape index (κ1) is 21.0. The van der Waals surface area contributed by atoms with Gasteiger partial charge in [0.15, 0.2) is 0 Å². The molecule has 1 unspecified atom stereocenters. The average Bonchev–Trinajstić information content (AvgIpc) is 3.07. The van der Waals surface area contributed by atoms with Crippen molar-refractivity contribution in [1.82, 2.24) is 14.9 Å². The minimum atomic E-state index is -0.180. The van der Waals surface area contributed by atoms with Gasteiger partial charge in [0.25, 0.3) is 0 Å². The molecule has 0 radical (unpaired) electrons. The summed E-state index contributed by atoms with van der Waals surface area (Å²) in [6.07, 6.45) is 10.5. The molecule has 0 saturated heterocycles. The van der Waals surface area contributed by atoms with Gasteiger partial charge < -0.3 is 9.88 Å². The molecular formula is C26H27FN4. The Kier molecular flexibility index (Phi) is 6.59. The molecule has 1 aliphatic carbocycles. The normalized spacial score (nSPS) is 16.4. The third-order valence-corrected chi connectivity index (χ3v) is 5.93. The molecule has 0 spiro atoms. The average molecular weight is 415 g/mol. The van der Waals surface area contributed by atoms with Gasteiger partial charge in [0.2, 0.25) is 0 Å². The van der Waals surface area contributed by atoms with Crippen LogP contribution in [0, 0.1) is 24.1 Å². The van der Waals surface area contributed by atoms with Crippen LogP contribution in [0.3, 0.4) is 0 Å². The zero-order chi connectivity index (χ0) is 21.6. The second-order valence-electron chi connectivity index (χ2n) is 8.21. The van der Waals surface area contributed by atoms with E-state index in [2.05, 4.69) is 27.0 Å². The van der Waals surface area contributed by atoms with Crippen molar-refractivity contribution in [3.8, 4) is 6.07 Å². The summed E-state index contributed by atoms with van der Waals surface area (Å²) in [4.78, 5) is 4.34. The van der Waals surface area contributed by atoms with Gasteiger partial charge in [0.1, 0.15) is 5.82 Å². The van der Waals surface area contributed by atoms with Crippen LogP contribution in [0.25, 0.3) is 5.57 Å². The van der Waals surface area contributed by atoms with Gasteiger partial charge in [0.05, 0.1) is 23.7 Å². The highest BCUT2D eigenvalue weighted by atomic mass is 19.1. The summed E-state index contributed by atoms with van der Waals surface area (Å²) >= 11 is 0. The number of aromatic nitrogens is 2. The molecule has 0 amide bonds. The van der Waals surface area contributed by atoms with Gasteiger partial charge in [-0.15, -0.1) is 0 Å². The lowest BCUT2D eigenvalue weighted by molar-refractivity contribution is 0.525. The molecule has 1 aliphatic rings. The molecule has 1 atom stereocenters. The molecule has 3 aromatic rings. The van der Waals surface area contributed by atoms with E-state index in [9.17, 15) is 4.39 Å². The topological polar surface area (TPSA) is 53.6 Å². The van der Waals surface area contributed by atoms with Crippen molar-refractivity contribution in [2.45, 2.75) is 51.7 Å². The smallest absolute Gasteiger partial charge is 0.123 e. The number of imidazole rings is 1. The first-order valence-electron chi connectivity index (χ1n) is 10.8. The molecule has 158 valence electrons. The van der Waals surface area contributed by atoms with Crippen molar-refractivity contribution in [3.05, 3.63) is 94.8 Å². The molecular weight excluding hydrogens is 387 g/mol. The van der Waals surface area contributed by atoms with Crippen LogP contribution in [0.1, 0.15) is 53.6 Å².